The highest BCUT2D eigenvalue weighted by Gasteiger charge is 2.24. The molecule has 0 saturated carbocycles. The van der Waals surface area contributed by atoms with E-state index < -0.39 is 10.8 Å². The number of piperidine rings is 1. The topological polar surface area (TPSA) is 17.1 Å². The van der Waals surface area contributed by atoms with Crippen LogP contribution in [0.3, 0.4) is 0 Å². The zero-order valence-electron chi connectivity index (χ0n) is 10.3. The molecule has 3 heteroatoms. The fraction of sp³-hybridized carbons (Fsp3) is 1.00. The Hall–Kier alpha value is 0.110. The smallest absolute Gasteiger partial charge is 0.0901 e. The molecule has 0 radical (unpaired) electrons. The van der Waals surface area contributed by atoms with E-state index in [1.165, 1.54) is 32.4 Å². The first-order valence-electron chi connectivity index (χ1n) is 6.35. The molecule has 0 aromatic rings. The van der Waals surface area contributed by atoms with Gasteiger partial charge in [0.1, 0.15) is 0 Å². The van der Waals surface area contributed by atoms with Crippen LogP contribution in [0.15, 0.2) is 0 Å². The zero-order valence-corrected chi connectivity index (χ0v) is 11.2. The quantitative estimate of drug-likeness (QED) is 0.642. The van der Waals surface area contributed by atoms with Gasteiger partial charge in [-0.25, -0.2) is 0 Å². The molecule has 1 aliphatic heterocycles. The van der Waals surface area contributed by atoms with Gasteiger partial charge >= 0.3 is 0 Å². The lowest BCUT2D eigenvalue weighted by Crippen LogP contribution is -2.49. The van der Waals surface area contributed by atoms with E-state index >= 15 is 0 Å². The number of rotatable bonds is 6. The van der Waals surface area contributed by atoms with Crippen LogP contribution in [0, 0.1) is 0 Å². The molecule has 1 aliphatic rings. The predicted octanol–water partition coefficient (Wildman–Crippen LogP) is 2.17. The van der Waals surface area contributed by atoms with Gasteiger partial charge in [-0.1, -0.05) is 13.3 Å². The van der Waals surface area contributed by atoms with E-state index in [1.54, 1.807) is 0 Å². The second-order valence-electron chi connectivity index (χ2n) is 5.05. The van der Waals surface area contributed by atoms with Crippen molar-refractivity contribution in [2.75, 3.05) is 38.2 Å². The molecule has 0 bridgehead atoms. The monoisotopic (exact) mass is 232 g/mol. The summed E-state index contributed by atoms with van der Waals surface area (Å²) in [4.78, 5) is 0. The fourth-order valence-corrected chi connectivity index (χ4v) is 3.69. The molecule has 1 fully saturated rings. The summed E-state index contributed by atoms with van der Waals surface area (Å²) in [5.41, 5.74) is 0. The van der Waals surface area contributed by atoms with Crippen molar-refractivity contribution in [2.24, 2.45) is 0 Å². The van der Waals surface area contributed by atoms with Gasteiger partial charge in [0, 0.05) is 16.6 Å². The summed E-state index contributed by atoms with van der Waals surface area (Å²) in [7, 11) is 1.77. The normalized spacial score (nSPS) is 22.5. The Kier molecular flexibility index (Phi) is 5.83. The van der Waals surface area contributed by atoms with E-state index in [0.717, 1.165) is 35.4 Å². The first-order chi connectivity index (χ1) is 7.16. The molecule has 0 aromatic heterocycles. The van der Waals surface area contributed by atoms with Gasteiger partial charge in [0.2, 0.25) is 0 Å². The van der Waals surface area contributed by atoms with Crippen molar-refractivity contribution in [1.82, 2.24) is 0 Å². The molecule has 0 amide bonds. The lowest BCUT2D eigenvalue weighted by Gasteiger charge is -2.37. The summed E-state index contributed by atoms with van der Waals surface area (Å²) < 4.78 is 12.9. The second-order valence-corrected chi connectivity index (χ2v) is 6.75. The number of hydrogen-bond acceptors (Lipinski definition) is 1. The Labute approximate surface area is 97.1 Å². The molecule has 1 saturated heterocycles. The Morgan fingerprint density at radius 3 is 2.40 bits per heavy atom. The summed E-state index contributed by atoms with van der Waals surface area (Å²) in [6.45, 7) is 5.88. The maximum absolute atomic E-state index is 11.7. The lowest BCUT2D eigenvalue weighted by atomic mass is 10.1. The van der Waals surface area contributed by atoms with Crippen molar-refractivity contribution in [3.8, 4) is 0 Å². The van der Waals surface area contributed by atoms with Gasteiger partial charge in [0.15, 0.2) is 0 Å². The van der Waals surface area contributed by atoms with Gasteiger partial charge in [-0.15, -0.1) is 0 Å². The fourth-order valence-electron chi connectivity index (χ4n) is 2.23. The Balaban J connectivity index is 2.19. The van der Waals surface area contributed by atoms with Gasteiger partial charge in [-0.3, -0.25) is 4.21 Å². The molecule has 2 nitrogen and oxygen atoms in total. The maximum Gasteiger partial charge on any atom is 0.0901 e. The minimum Gasteiger partial charge on any atom is -0.325 e. The van der Waals surface area contributed by atoms with Gasteiger partial charge in [-0.2, -0.15) is 0 Å². The van der Waals surface area contributed by atoms with Gasteiger partial charge in [-0.05, 0) is 25.7 Å². The minimum atomic E-state index is -0.563. The third kappa shape index (κ3) is 5.12. The average Bonchev–Trinajstić information content (AvgIpc) is 2.25. The first-order valence-corrected chi connectivity index (χ1v) is 7.84. The summed E-state index contributed by atoms with van der Waals surface area (Å²) in [5.74, 6) is 1.83. The average molecular weight is 232 g/mol. The van der Waals surface area contributed by atoms with Crippen LogP contribution < -0.4 is 0 Å². The van der Waals surface area contributed by atoms with Gasteiger partial charge in [0.05, 0.1) is 32.4 Å². The zero-order chi connectivity index (χ0) is 11.1. The molecule has 1 unspecified atom stereocenters. The summed E-state index contributed by atoms with van der Waals surface area (Å²) in [5, 5.41) is 0. The molecule has 15 heavy (non-hydrogen) atoms. The minimum absolute atomic E-state index is 0.563. The Morgan fingerprint density at radius 1 is 1.13 bits per heavy atom. The molecule has 0 aliphatic carbocycles. The van der Waals surface area contributed by atoms with Crippen LogP contribution >= 0.6 is 0 Å². The molecule has 1 atom stereocenters. The van der Waals surface area contributed by atoms with Crippen LogP contribution in [0.4, 0.5) is 0 Å². The van der Waals surface area contributed by atoms with Crippen LogP contribution in [0.5, 0.6) is 0 Å². The summed E-state index contributed by atoms with van der Waals surface area (Å²) >= 11 is 0. The summed E-state index contributed by atoms with van der Waals surface area (Å²) in [6.07, 6.45) is 6.40. The number of unbranched alkanes of at least 4 members (excludes halogenated alkanes) is 1. The molecule has 0 spiro atoms. The molecule has 1 rings (SSSR count). The van der Waals surface area contributed by atoms with E-state index in [1.807, 2.05) is 0 Å². The van der Waals surface area contributed by atoms with Crippen LogP contribution in [-0.2, 0) is 10.8 Å². The van der Waals surface area contributed by atoms with Crippen molar-refractivity contribution >= 4 is 10.8 Å². The number of likely N-dealkylation sites (tertiary alicyclic amines) is 1. The maximum atomic E-state index is 11.7. The van der Waals surface area contributed by atoms with E-state index in [9.17, 15) is 4.21 Å². The number of hydrogen-bond donors (Lipinski definition) is 0. The first kappa shape index (κ1) is 13.2. The third-order valence-electron chi connectivity index (χ3n) is 3.48. The van der Waals surface area contributed by atoms with Crippen molar-refractivity contribution in [1.29, 1.82) is 0 Å². The Bertz CT molecular complexity index is 200. The number of nitrogens with zero attached hydrogens (tertiary/aromatic N) is 1. The second kappa shape index (κ2) is 6.64. The highest BCUT2D eigenvalue weighted by atomic mass is 32.2. The van der Waals surface area contributed by atoms with E-state index in [0.29, 0.717) is 0 Å². The van der Waals surface area contributed by atoms with Crippen LogP contribution in [0.2, 0.25) is 0 Å². The Morgan fingerprint density at radius 2 is 1.80 bits per heavy atom. The highest BCUT2D eigenvalue weighted by molar-refractivity contribution is 7.84. The molecule has 90 valence electrons. The largest absolute Gasteiger partial charge is 0.325 e. The van der Waals surface area contributed by atoms with Crippen LogP contribution in [0.25, 0.3) is 0 Å². The van der Waals surface area contributed by atoms with E-state index in [-0.39, 0.29) is 0 Å². The molecule has 0 aromatic carbocycles. The van der Waals surface area contributed by atoms with Crippen molar-refractivity contribution in [3.63, 3.8) is 0 Å². The molecule has 0 N–H and O–H groups in total. The van der Waals surface area contributed by atoms with E-state index in [2.05, 4.69) is 14.0 Å². The molecular formula is C12H26NOS+. The molecular weight excluding hydrogens is 206 g/mol. The van der Waals surface area contributed by atoms with Gasteiger partial charge in [0.25, 0.3) is 0 Å². The van der Waals surface area contributed by atoms with Gasteiger partial charge < -0.3 is 4.48 Å². The lowest BCUT2D eigenvalue weighted by molar-refractivity contribution is -0.911. The standard InChI is InChI=1S/C12H26NOS/c1-3-4-11-15(14)12-10-13(2)8-6-5-7-9-13/h3-12H2,1-2H3/q+1. The molecule has 1 heterocycles. The van der Waals surface area contributed by atoms with Crippen LogP contribution in [0.1, 0.15) is 39.0 Å². The van der Waals surface area contributed by atoms with Crippen molar-refractivity contribution in [2.45, 2.75) is 39.0 Å². The third-order valence-corrected chi connectivity index (χ3v) is 4.86. The SMILES string of the molecule is CCCCS(=O)CC[N+]1(C)CCCCC1. The predicted molar refractivity (Wildman–Crippen MR) is 67.4 cm³/mol. The van der Waals surface area contributed by atoms with E-state index in [4.69, 9.17) is 0 Å². The van der Waals surface area contributed by atoms with Crippen LogP contribution in [-0.4, -0.2) is 46.9 Å². The van der Waals surface area contributed by atoms with Crippen molar-refractivity contribution < 1.29 is 8.69 Å². The summed E-state index contributed by atoms with van der Waals surface area (Å²) in [6, 6.07) is 0. The number of quaternary nitrogens is 1. The van der Waals surface area contributed by atoms with Crippen molar-refractivity contribution in [3.05, 3.63) is 0 Å². The highest BCUT2D eigenvalue weighted by Crippen LogP contribution is 2.15.